The smallest absolute Gasteiger partial charge is 0.304 e. The molecule has 0 radical (unpaired) electrons. The van der Waals surface area contributed by atoms with Gasteiger partial charge < -0.3 is 5.73 Å². The van der Waals surface area contributed by atoms with Crippen molar-refractivity contribution in [1.82, 2.24) is 4.31 Å². The minimum absolute atomic E-state index is 0.0456. The molecule has 7 nitrogen and oxygen atoms in total. The summed E-state index contributed by atoms with van der Waals surface area (Å²) in [7, 11) is -3.69. The molecule has 1 aromatic heterocycles. The lowest BCUT2D eigenvalue weighted by molar-refractivity contribution is -0.383. The van der Waals surface area contributed by atoms with Crippen LogP contribution in [0.3, 0.4) is 0 Å². The molecule has 0 unspecified atom stereocenters. The van der Waals surface area contributed by atoms with Crippen LogP contribution in [0.2, 0.25) is 0 Å². The van der Waals surface area contributed by atoms with Gasteiger partial charge in [-0.25, -0.2) is 8.42 Å². The number of hydrogen-bond donors (Lipinski definition) is 1. The summed E-state index contributed by atoms with van der Waals surface area (Å²) in [6, 6.07) is 1.06. The summed E-state index contributed by atoms with van der Waals surface area (Å²) in [5.74, 6) is 0.420. The van der Waals surface area contributed by atoms with Crippen molar-refractivity contribution in [1.29, 1.82) is 0 Å². The van der Waals surface area contributed by atoms with Crippen molar-refractivity contribution in [2.75, 3.05) is 18.8 Å². The van der Waals surface area contributed by atoms with E-state index < -0.39 is 14.9 Å². The molecule has 1 saturated carbocycles. The molecule has 1 aliphatic rings. The van der Waals surface area contributed by atoms with Gasteiger partial charge in [0.05, 0.1) is 4.92 Å². The zero-order valence-electron chi connectivity index (χ0n) is 11.1. The fourth-order valence-corrected chi connectivity index (χ4v) is 4.89. The van der Waals surface area contributed by atoms with Crippen LogP contribution in [0.25, 0.3) is 0 Å². The number of hydrogen-bond acceptors (Lipinski definition) is 6. The van der Waals surface area contributed by atoms with Gasteiger partial charge in [0.2, 0.25) is 0 Å². The molecule has 1 aromatic rings. The third kappa shape index (κ3) is 3.10. The van der Waals surface area contributed by atoms with E-state index in [0.29, 0.717) is 25.4 Å². The first-order valence-electron chi connectivity index (χ1n) is 6.40. The molecule has 9 heteroatoms. The zero-order valence-corrected chi connectivity index (χ0v) is 12.7. The highest BCUT2D eigenvalue weighted by Gasteiger charge is 2.33. The van der Waals surface area contributed by atoms with Gasteiger partial charge in [-0.2, -0.15) is 4.31 Å². The summed E-state index contributed by atoms with van der Waals surface area (Å²) in [6.45, 7) is 2.81. The quantitative estimate of drug-likeness (QED) is 0.611. The molecular formula is C11H17N3O4S2. The van der Waals surface area contributed by atoms with Gasteiger partial charge in [0, 0.05) is 19.2 Å². The van der Waals surface area contributed by atoms with Crippen molar-refractivity contribution in [3.05, 3.63) is 16.2 Å². The first-order valence-corrected chi connectivity index (χ1v) is 8.65. The highest BCUT2D eigenvalue weighted by Crippen LogP contribution is 2.37. The molecule has 0 spiro atoms. The molecule has 2 rings (SSSR count). The van der Waals surface area contributed by atoms with Gasteiger partial charge in [-0.15, -0.1) is 0 Å². The Hall–Kier alpha value is -1.19. The highest BCUT2D eigenvalue weighted by atomic mass is 32.2. The number of anilines is 1. The van der Waals surface area contributed by atoms with Crippen LogP contribution in [-0.4, -0.2) is 30.7 Å². The van der Waals surface area contributed by atoms with E-state index >= 15 is 0 Å². The second-order valence-electron chi connectivity index (χ2n) is 4.88. The topological polar surface area (TPSA) is 107 Å². The van der Waals surface area contributed by atoms with Gasteiger partial charge in [-0.05, 0) is 25.2 Å². The van der Waals surface area contributed by atoms with E-state index in [0.717, 1.165) is 30.2 Å². The fraction of sp³-hybridized carbons (Fsp3) is 0.636. The fourth-order valence-electron chi connectivity index (χ4n) is 1.92. The maximum Gasteiger partial charge on any atom is 0.304 e. The third-order valence-electron chi connectivity index (χ3n) is 3.14. The Balaban J connectivity index is 2.31. The lowest BCUT2D eigenvalue weighted by Crippen LogP contribution is -2.33. The van der Waals surface area contributed by atoms with Crippen LogP contribution in [-0.2, 0) is 10.0 Å². The number of nitrogens with zero attached hydrogens (tertiary/aromatic N) is 2. The van der Waals surface area contributed by atoms with Crippen molar-refractivity contribution in [3.8, 4) is 0 Å². The van der Waals surface area contributed by atoms with E-state index in [1.807, 2.05) is 6.92 Å². The molecule has 20 heavy (non-hydrogen) atoms. The molecule has 1 aliphatic carbocycles. The number of thiophene rings is 1. The predicted octanol–water partition coefficient (Wildman–Crippen LogP) is 2.05. The number of rotatable bonds is 7. The average molecular weight is 319 g/mol. The van der Waals surface area contributed by atoms with Crippen LogP contribution < -0.4 is 5.73 Å². The standard InChI is InChI=1S/C11H17N3O4S2/c1-2-5-13(7-8-3-4-8)20(17,18)10-6-9(14(15)16)11(12)19-10/h6,8H,2-5,7,12H2,1H3. The second-order valence-corrected chi connectivity index (χ2v) is 8.13. The minimum atomic E-state index is -3.69. The zero-order chi connectivity index (χ0) is 14.9. The first kappa shape index (κ1) is 15.2. The van der Waals surface area contributed by atoms with Gasteiger partial charge in [-0.3, -0.25) is 10.1 Å². The predicted molar refractivity (Wildman–Crippen MR) is 77.2 cm³/mol. The Morgan fingerprint density at radius 2 is 2.20 bits per heavy atom. The van der Waals surface area contributed by atoms with E-state index in [1.165, 1.54) is 4.31 Å². The molecule has 0 amide bonds. The number of nitrogens with two attached hydrogens (primary N) is 1. The Morgan fingerprint density at radius 1 is 1.55 bits per heavy atom. The molecule has 0 saturated heterocycles. The summed E-state index contributed by atoms with van der Waals surface area (Å²) in [5.41, 5.74) is 5.18. The van der Waals surface area contributed by atoms with Gasteiger partial charge >= 0.3 is 5.69 Å². The van der Waals surface area contributed by atoms with Crippen molar-refractivity contribution >= 4 is 32.0 Å². The maximum absolute atomic E-state index is 12.5. The molecular weight excluding hydrogens is 302 g/mol. The SMILES string of the molecule is CCCN(CC1CC1)S(=O)(=O)c1cc([N+](=O)[O-])c(N)s1. The third-order valence-corrected chi connectivity index (χ3v) is 6.41. The summed E-state index contributed by atoms with van der Waals surface area (Å²) in [6.07, 6.45) is 2.79. The van der Waals surface area contributed by atoms with E-state index in [4.69, 9.17) is 5.73 Å². The second kappa shape index (κ2) is 5.66. The van der Waals surface area contributed by atoms with Crippen molar-refractivity contribution in [2.45, 2.75) is 30.4 Å². The minimum Gasteiger partial charge on any atom is -0.385 e. The number of sulfonamides is 1. The molecule has 0 aliphatic heterocycles. The van der Waals surface area contributed by atoms with E-state index in [-0.39, 0.29) is 14.9 Å². The van der Waals surface area contributed by atoms with Crippen LogP contribution in [0.5, 0.6) is 0 Å². The van der Waals surface area contributed by atoms with Crippen LogP contribution in [0.4, 0.5) is 10.7 Å². The van der Waals surface area contributed by atoms with E-state index in [2.05, 4.69) is 0 Å². The van der Waals surface area contributed by atoms with Crippen LogP contribution in [0.1, 0.15) is 26.2 Å². The van der Waals surface area contributed by atoms with Crippen molar-refractivity contribution in [2.24, 2.45) is 5.92 Å². The number of nitrogen functional groups attached to an aromatic ring is 1. The van der Waals surface area contributed by atoms with E-state index in [9.17, 15) is 18.5 Å². The Bertz CT molecular complexity index is 607. The molecule has 112 valence electrons. The maximum atomic E-state index is 12.5. The summed E-state index contributed by atoms with van der Waals surface area (Å²) < 4.78 is 26.4. The molecule has 1 heterocycles. The molecule has 0 atom stereocenters. The number of nitro groups is 1. The average Bonchev–Trinajstić information content (AvgIpc) is 3.08. The largest absolute Gasteiger partial charge is 0.385 e. The normalized spacial score (nSPS) is 15.7. The summed E-state index contributed by atoms with van der Waals surface area (Å²) in [4.78, 5) is 10.1. The van der Waals surface area contributed by atoms with Crippen molar-refractivity contribution < 1.29 is 13.3 Å². The summed E-state index contributed by atoms with van der Waals surface area (Å²) >= 11 is 0.758. The van der Waals surface area contributed by atoms with Crippen LogP contribution in [0.15, 0.2) is 10.3 Å². The van der Waals surface area contributed by atoms with Crippen LogP contribution in [0, 0.1) is 16.0 Å². The molecule has 2 N–H and O–H groups in total. The summed E-state index contributed by atoms with van der Waals surface area (Å²) in [5, 5.41) is 10.7. The van der Waals surface area contributed by atoms with Crippen LogP contribution >= 0.6 is 11.3 Å². The Morgan fingerprint density at radius 3 is 2.65 bits per heavy atom. The lowest BCUT2D eigenvalue weighted by Gasteiger charge is -2.20. The highest BCUT2D eigenvalue weighted by molar-refractivity contribution is 7.91. The Labute approximate surface area is 121 Å². The lowest BCUT2D eigenvalue weighted by atomic mass is 10.4. The van der Waals surface area contributed by atoms with Gasteiger partial charge in [0.1, 0.15) is 4.21 Å². The van der Waals surface area contributed by atoms with Gasteiger partial charge in [-0.1, -0.05) is 18.3 Å². The Kier molecular flexibility index (Phi) is 4.31. The molecule has 0 aromatic carbocycles. The van der Waals surface area contributed by atoms with Crippen molar-refractivity contribution in [3.63, 3.8) is 0 Å². The monoisotopic (exact) mass is 319 g/mol. The first-order chi connectivity index (χ1) is 9.36. The van der Waals surface area contributed by atoms with Gasteiger partial charge in [0.15, 0.2) is 5.00 Å². The molecule has 0 bridgehead atoms. The molecule has 1 fully saturated rings. The van der Waals surface area contributed by atoms with Gasteiger partial charge in [0.25, 0.3) is 10.0 Å². The van der Waals surface area contributed by atoms with E-state index in [1.54, 1.807) is 0 Å².